The van der Waals surface area contributed by atoms with Gasteiger partial charge in [0.25, 0.3) is 5.56 Å². The summed E-state index contributed by atoms with van der Waals surface area (Å²) in [6.45, 7) is 4.85. The van der Waals surface area contributed by atoms with Gasteiger partial charge in [0.15, 0.2) is 0 Å². The van der Waals surface area contributed by atoms with Gasteiger partial charge in [0.05, 0.1) is 0 Å². The van der Waals surface area contributed by atoms with Crippen molar-refractivity contribution in [2.24, 2.45) is 5.73 Å². The van der Waals surface area contributed by atoms with Crippen LogP contribution < -0.4 is 11.3 Å². The van der Waals surface area contributed by atoms with Crippen LogP contribution in [0.25, 0.3) is 0 Å². The highest BCUT2D eigenvalue weighted by molar-refractivity contribution is 5.77. The molecule has 1 aromatic heterocycles. The summed E-state index contributed by atoms with van der Waals surface area (Å²) >= 11 is 0. The number of nitriles is 1. The fourth-order valence-corrected chi connectivity index (χ4v) is 3.37. The van der Waals surface area contributed by atoms with Crippen molar-refractivity contribution in [1.82, 2.24) is 9.88 Å². The van der Waals surface area contributed by atoms with Crippen LogP contribution in [0.4, 0.5) is 0 Å². The number of hydrogen-bond donors (Lipinski definition) is 2. The number of nitrogens with one attached hydrogen (secondary N) is 1. The maximum Gasteiger partial charge on any atom is 0.266 e. The normalized spacial score (nSPS) is 17.8. The van der Waals surface area contributed by atoms with Gasteiger partial charge in [0.2, 0.25) is 5.91 Å². The Morgan fingerprint density at radius 2 is 2.17 bits per heavy atom. The van der Waals surface area contributed by atoms with Crippen molar-refractivity contribution in [3.63, 3.8) is 0 Å². The van der Waals surface area contributed by atoms with Gasteiger partial charge in [-0.05, 0) is 50.7 Å². The van der Waals surface area contributed by atoms with E-state index in [1.165, 1.54) is 0 Å². The Kier molecular flexibility index (Phi) is 5.56. The van der Waals surface area contributed by atoms with Crippen molar-refractivity contribution in [3.8, 4) is 6.07 Å². The lowest BCUT2D eigenvalue weighted by Gasteiger charge is -2.35. The zero-order valence-corrected chi connectivity index (χ0v) is 13.8. The molecule has 0 saturated carbocycles. The summed E-state index contributed by atoms with van der Waals surface area (Å²) in [4.78, 5) is 28.9. The summed E-state index contributed by atoms with van der Waals surface area (Å²) in [7, 11) is 0. The third-order valence-corrected chi connectivity index (χ3v) is 4.73. The third kappa shape index (κ3) is 3.62. The van der Waals surface area contributed by atoms with Crippen LogP contribution >= 0.6 is 0 Å². The monoisotopic (exact) mass is 316 g/mol. The first-order valence-corrected chi connectivity index (χ1v) is 8.11. The van der Waals surface area contributed by atoms with E-state index in [0.29, 0.717) is 24.9 Å². The molecular weight excluding hydrogens is 292 g/mol. The van der Waals surface area contributed by atoms with E-state index in [2.05, 4.69) is 4.98 Å². The number of aryl methyl sites for hydroxylation is 1. The number of aromatic amines is 1. The minimum Gasteiger partial charge on any atom is -0.338 e. The number of aromatic nitrogens is 1. The number of nitrogens with zero attached hydrogens (tertiary/aromatic N) is 2. The summed E-state index contributed by atoms with van der Waals surface area (Å²) in [5.41, 5.74) is 7.83. The van der Waals surface area contributed by atoms with Gasteiger partial charge in [0, 0.05) is 31.2 Å². The molecule has 1 amide bonds. The molecule has 3 N–H and O–H groups in total. The number of pyridine rings is 1. The Labute approximate surface area is 136 Å². The SMILES string of the molecule is Cc1[nH]c(=O)c(C#N)c(C)c1CCC(=O)N1CCCCC1CN. The molecule has 0 radical (unpaired) electrons. The molecule has 1 fully saturated rings. The van der Waals surface area contributed by atoms with Crippen LogP contribution in [0.5, 0.6) is 0 Å². The Morgan fingerprint density at radius 1 is 1.43 bits per heavy atom. The summed E-state index contributed by atoms with van der Waals surface area (Å²) in [5.74, 6) is 0.101. The Bertz CT molecular complexity index is 687. The number of hydrogen-bond acceptors (Lipinski definition) is 4. The number of carbonyl (C=O) groups is 1. The van der Waals surface area contributed by atoms with Gasteiger partial charge in [-0.15, -0.1) is 0 Å². The van der Waals surface area contributed by atoms with Gasteiger partial charge in [-0.2, -0.15) is 5.26 Å². The first kappa shape index (κ1) is 17.2. The van der Waals surface area contributed by atoms with Crippen molar-refractivity contribution in [1.29, 1.82) is 5.26 Å². The second kappa shape index (κ2) is 7.42. The lowest BCUT2D eigenvalue weighted by molar-refractivity contribution is -0.134. The molecule has 124 valence electrons. The van der Waals surface area contributed by atoms with Crippen LogP contribution in [-0.4, -0.2) is 34.9 Å². The molecule has 6 heteroatoms. The number of amides is 1. The number of piperidine rings is 1. The van der Waals surface area contributed by atoms with E-state index in [4.69, 9.17) is 11.0 Å². The highest BCUT2D eigenvalue weighted by atomic mass is 16.2. The lowest BCUT2D eigenvalue weighted by atomic mass is 9.97. The Hall–Kier alpha value is -2.13. The van der Waals surface area contributed by atoms with Gasteiger partial charge >= 0.3 is 0 Å². The van der Waals surface area contributed by atoms with Gasteiger partial charge < -0.3 is 15.6 Å². The first-order chi connectivity index (χ1) is 11.0. The van der Waals surface area contributed by atoms with E-state index < -0.39 is 0 Å². The molecule has 2 rings (SSSR count). The minimum absolute atomic E-state index is 0.101. The molecule has 23 heavy (non-hydrogen) atoms. The van der Waals surface area contributed by atoms with Crippen molar-refractivity contribution >= 4 is 5.91 Å². The maximum absolute atomic E-state index is 12.5. The Balaban J connectivity index is 2.13. The van der Waals surface area contributed by atoms with Crippen molar-refractivity contribution in [2.75, 3.05) is 13.1 Å². The average molecular weight is 316 g/mol. The summed E-state index contributed by atoms with van der Waals surface area (Å²) in [6, 6.07) is 2.09. The number of likely N-dealkylation sites (tertiary alicyclic amines) is 1. The van der Waals surface area contributed by atoms with E-state index in [9.17, 15) is 9.59 Å². The lowest BCUT2D eigenvalue weighted by Crippen LogP contribution is -2.47. The van der Waals surface area contributed by atoms with E-state index in [0.717, 1.165) is 37.1 Å². The third-order valence-electron chi connectivity index (χ3n) is 4.73. The molecule has 1 aromatic rings. The van der Waals surface area contributed by atoms with Crippen LogP contribution in [0, 0.1) is 25.2 Å². The van der Waals surface area contributed by atoms with Gasteiger partial charge in [-0.3, -0.25) is 9.59 Å². The second-order valence-electron chi connectivity index (χ2n) is 6.14. The molecule has 0 aliphatic carbocycles. The van der Waals surface area contributed by atoms with Crippen molar-refractivity contribution in [2.45, 2.75) is 52.0 Å². The highest BCUT2D eigenvalue weighted by Crippen LogP contribution is 2.19. The van der Waals surface area contributed by atoms with Crippen LogP contribution in [0.3, 0.4) is 0 Å². The molecule has 1 unspecified atom stereocenters. The zero-order valence-electron chi connectivity index (χ0n) is 13.8. The fourth-order valence-electron chi connectivity index (χ4n) is 3.37. The molecular formula is C17H24N4O2. The van der Waals surface area contributed by atoms with Crippen LogP contribution in [-0.2, 0) is 11.2 Å². The molecule has 1 aliphatic heterocycles. The molecule has 1 saturated heterocycles. The van der Waals surface area contributed by atoms with Crippen molar-refractivity contribution in [3.05, 3.63) is 32.7 Å². The fraction of sp³-hybridized carbons (Fsp3) is 0.588. The standard InChI is InChI=1S/C17H24N4O2/c1-11-14(12(2)20-17(23)15(11)10-19)6-7-16(22)21-8-4-3-5-13(21)9-18/h13H,3-9,18H2,1-2H3,(H,20,23). The predicted molar refractivity (Wildman–Crippen MR) is 88.0 cm³/mol. The van der Waals surface area contributed by atoms with Crippen LogP contribution in [0.1, 0.15) is 48.1 Å². The van der Waals surface area contributed by atoms with E-state index >= 15 is 0 Å². The molecule has 0 bridgehead atoms. The number of H-pyrrole nitrogens is 1. The van der Waals surface area contributed by atoms with E-state index in [1.807, 2.05) is 11.0 Å². The first-order valence-electron chi connectivity index (χ1n) is 8.11. The maximum atomic E-state index is 12.5. The zero-order chi connectivity index (χ0) is 17.0. The van der Waals surface area contributed by atoms with Crippen molar-refractivity contribution < 1.29 is 4.79 Å². The molecule has 6 nitrogen and oxygen atoms in total. The second-order valence-corrected chi connectivity index (χ2v) is 6.14. The number of rotatable bonds is 4. The van der Waals surface area contributed by atoms with E-state index in [1.54, 1.807) is 13.8 Å². The van der Waals surface area contributed by atoms with E-state index in [-0.39, 0.29) is 23.1 Å². The largest absolute Gasteiger partial charge is 0.338 e. The smallest absolute Gasteiger partial charge is 0.266 e. The summed E-state index contributed by atoms with van der Waals surface area (Å²) in [5, 5.41) is 9.10. The quantitative estimate of drug-likeness (QED) is 0.869. The predicted octanol–water partition coefficient (Wildman–Crippen LogP) is 1.14. The molecule has 0 aromatic carbocycles. The highest BCUT2D eigenvalue weighted by Gasteiger charge is 2.25. The molecule has 0 spiro atoms. The minimum atomic E-state index is -0.364. The molecule has 1 aliphatic rings. The van der Waals surface area contributed by atoms with Crippen LogP contribution in [0.2, 0.25) is 0 Å². The van der Waals surface area contributed by atoms with Gasteiger partial charge in [-0.1, -0.05) is 0 Å². The average Bonchev–Trinajstić information content (AvgIpc) is 2.54. The van der Waals surface area contributed by atoms with Gasteiger partial charge in [-0.25, -0.2) is 0 Å². The summed E-state index contributed by atoms with van der Waals surface area (Å²) in [6.07, 6.45) is 4.01. The molecule has 1 atom stereocenters. The molecule has 2 heterocycles. The Morgan fingerprint density at radius 3 is 2.83 bits per heavy atom. The number of carbonyl (C=O) groups excluding carboxylic acids is 1. The summed E-state index contributed by atoms with van der Waals surface area (Å²) < 4.78 is 0. The van der Waals surface area contributed by atoms with Crippen LogP contribution in [0.15, 0.2) is 4.79 Å². The number of nitrogens with two attached hydrogens (primary N) is 1. The van der Waals surface area contributed by atoms with Gasteiger partial charge in [0.1, 0.15) is 11.6 Å². The topological polar surface area (TPSA) is 103 Å².